The quantitative estimate of drug-likeness (QED) is 0.740. The summed E-state index contributed by atoms with van der Waals surface area (Å²) in [6.07, 6.45) is -4.37. The molecule has 1 heterocycles. The number of halogens is 3. The molecule has 0 amide bonds. The fraction of sp³-hybridized carbons (Fsp3) is 0.188. The normalized spacial score (nSPS) is 11.3. The van der Waals surface area contributed by atoms with Crippen LogP contribution in [0.2, 0.25) is 0 Å². The number of hydrogen-bond donors (Lipinski definition) is 1. The Morgan fingerprint density at radius 2 is 1.84 bits per heavy atom. The number of benzene rings is 2. The predicted molar refractivity (Wildman–Crippen MR) is 84.5 cm³/mol. The summed E-state index contributed by atoms with van der Waals surface area (Å²) >= 11 is 0. The van der Waals surface area contributed by atoms with E-state index in [-0.39, 0.29) is 5.75 Å². The van der Waals surface area contributed by atoms with Crippen LogP contribution >= 0.6 is 0 Å². The van der Waals surface area contributed by atoms with Crippen LogP contribution in [0.3, 0.4) is 0 Å². The largest absolute Gasteiger partial charge is 0.484 e. The lowest BCUT2D eigenvalue weighted by atomic mass is 10.3. The number of alkyl halides is 3. The van der Waals surface area contributed by atoms with Gasteiger partial charge in [-0.15, -0.1) is 5.10 Å². The molecule has 2 aromatic carbocycles. The number of aromatic nitrogens is 4. The molecule has 1 N–H and O–H groups in total. The Bertz CT molecular complexity index is 820. The average Bonchev–Trinajstić information content (AvgIpc) is 3.07. The molecule has 130 valence electrons. The van der Waals surface area contributed by atoms with Crippen molar-refractivity contribution in [2.75, 3.05) is 11.9 Å². The summed E-state index contributed by atoms with van der Waals surface area (Å²) in [5, 5.41) is 14.6. The van der Waals surface area contributed by atoms with Gasteiger partial charge < -0.3 is 10.1 Å². The number of para-hydroxylation sites is 1. The maximum atomic E-state index is 12.2. The number of ether oxygens (including phenoxy) is 1. The van der Waals surface area contributed by atoms with Gasteiger partial charge in [-0.2, -0.15) is 17.9 Å². The summed E-state index contributed by atoms with van der Waals surface area (Å²) < 4.78 is 43.0. The number of anilines is 1. The van der Waals surface area contributed by atoms with Crippen LogP contribution in [0.4, 0.5) is 18.9 Å². The van der Waals surface area contributed by atoms with Gasteiger partial charge in [0.1, 0.15) is 5.75 Å². The fourth-order valence-corrected chi connectivity index (χ4v) is 2.13. The summed E-state index contributed by atoms with van der Waals surface area (Å²) in [5.41, 5.74) is 1.41. The molecule has 0 bridgehead atoms. The van der Waals surface area contributed by atoms with Crippen LogP contribution in [0, 0.1) is 0 Å². The zero-order chi connectivity index (χ0) is 17.7. The van der Waals surface area contributed by atoms with Crippen LogP contribution in [0.1, 0.15) is 5.82 Å². The topological polar surface area (TPSA) is 64.9 Å². The molecule has 0 aliphatic heterocycles. The number of rotatable bonds is 6. The summed E-state index contributed by atoms with van der Waals surface area (Å²) in [4.78, 5) is 0. The molecule has 6 nitrogen and oxygen atoms in total. The molecule has 0 aliphatic rings. The van der Waals surface area contributed by atoms with Gasteiger partial charge in [0, 0.05) is 11.8 Å². The monoisotopic (exact) mass is 349 g/mol. The van der Waals surface area contributed by atoms with Crippen LogP contribution in [0.25, 0.3) is 5.69 Å². The Morgan fingerprint density at radius 3 is 2.60 bits per heavy atom. The van der Waals surface area contributed by atoms with Crippen LogP contribution in [0.5, 0.6) is 5.75 Å². The predicted octanol–water partition coefficient (Wildman–Crippen LogP) is 3.22. The number of nitrogens with zero attached hydrogens (tertiary/aromatic N) is 4. The molecule has 0 fully saturated rings. The lowest BCUT2D eigenvalue weighted by Gasteiger charge is -2.11. The molecule has 0 aliphatic carbocycles. The van der Waals surface area contributed by atoms with E-state index in [1.807, 2.05) is 30.3 Å². The number of tetrazole rings is 1. The number of hydrogen-bond acceptors (Lipinski definition) is 5. The van der Waals surface area contributed by atoms with Crippen LogP contribution < -0.4 is 10.1 Å². The third kappa shape index (κ3) is 4.69. The Balaban J connectivity index is 1.66. The Morgan fingerprint density at radius 1 is 1.04 bits per heavy atom. The molecule has 3 rings (SSSR count). The minimum absolute atomic E-state index is 0.130. The van der Waals surface area contributed by atoms with Gasteiger partial charge >= 0.3 is 6.18 Å². The van der Waals surface area contributed by atoms with Crippen molar-refractivity contribution in [3.05, 3.63) is 60.4 Å². The van der Waals surface area contributed by atoms with Gasteiger partial charge in [-0.1, -0.05) is 24.3 Å². The molecule has 1 aromatic heterocycles. The van der Waals surface area contributed by atoms with Crippen molar-refractivity contribution < 1.29 is 17.9 Å². The fourth-order valence-electron chi connectivity index (χ4n) is 2.13. The highest BCUT2D eigenvalue weighted by Gasteiger charge is 2.28. The highest BCUT2D eigenvalue weighted by atomic mass is 19.4. The molecule has 0 saturated heterocycles. The third-order valence-electron chi connectivity index (χ3n) is 3.22. The van der Waals surface area contributed by atoms with E-state index in [0.29, 0.717) is 18.1 Å². The molecular formula is C16H14F3N5O. The minimum Gasteiger partial charge on any atom is -0.484 e. The summed E-state index contributed by atoms with van der Waals surface area (Å²) in [7, 11) is 0. The molecule has 0 radical (unpaired) electrons. The van der Waals surface area contributed by atoms with Crippen molar-refractivity contribution in [1.82, 2.24) is 20.2 Å². The van der Waals surface area contributed by atoms with Gasteiger partial charge in [0.25, 0.3) is 0 Å². The highest BCUT2D eigenvalue weighted by molar-refractivity contribution is 5.48. The summed E-state index contributed by atoms with van der Waals surface area (Å²) in [5.74, 6) is 0.692. The van der Waals surface area contributed by atoms with Crippen molar-refractivity contribution in [3.63, 3.8) is 0 Å². The molecule has 0 unspecified atom stereocenters. The van der Waals surface area contributed by atoms with Crippen molar-refractivity contribution in [1.29, 1.82) is 0 Å². The molecule has 0 atom stereocenters. The van der Waals surface area contributed by atoms with E-state index in [0.717, 1.165) is 5.69 Å². The molecule has 9 heteroatoms. The standard InChI is InChI=1S/C16H14F3N5O/c17-16(18,19)11-25-14-8-4-5-12(9-14)20-10-15-21-22-23-24(15)13-6-2-1-3-7-13/h1-9,20H,10-11H2. The van der Waals surface area contributed by atoms with E-state index in [1.54, 1.807) is 16.8 Å². The first-order valence-electron chi connectivity index (χ1n) is 7.37. The Hall–Kier alpha value is -3.10. The maximum Gasteiger partial charge on any atom is 0.422 e. The van der Waals surface area contributed by atoms with Crippen LogP contribution in [-0.2, 0) is 6.54 Å². The van der Waals surface area contributed by atoms with Gasteiger partial charge in [0.15, 0.2) is 12.4 Å². The van der Waals surface area contributed by atoms with Crippen molar-refractivity contribution in [3.8, 4) is 11.4 Å². The lowest BCUT2D eigenvalue weighted by molar-refractivity contribution is -0.153. The van der Waals surface area contributed by atoms with Gasteiger partial charge in [-0.05, 0) is 34.7 Å². The maximum absolute atomic E-state index is 12.2. The zero-order valence-corrected chi connectivity index (χ0v) is 12.9. The van der Waals surface area contributed by atoms with Gasteiger partial charge in [0.2, 0.25) is 0 Å². The zero-order valence-electron chi connectivity index (χ0n) is 12.9. The van der Waals surface area contributed by atoms with E-state index in [1.165, 1.54) is 12.1 Å². The van der Waals surface area contributed by atoms with E-state index in [2.05, 4.69) is 20.8 Å². The highest BCUT2D eigenvalue weighted by Crippen LogP contribution is 2.21. The van der Waals surface area contributed by atoms with Gasteiger partial charge in [-0.3, -0.25) is 0 Å². The van der Waals surface area contributed by atoms with E-state index in [9.17, 15) is 13.2 Å². The second kappa shape index (κ2) is 7.20. The molecule has 3 aromatic rings. The van der Waals surface area contributed by atoms with Crippen LogP contribution in [-0.4, -0.2) is 33.0 Å². The first-order chi connectivity index (χ1) is 12.0. The molecular weight excluding hydrogens is 335 g/mol. The smallest absolute Gasteiger partial charge is 0.422 e. The molecule has 0 saturated carbocycles. The van der Waals surface area contributed by atoms with E-state index < -0.39 is 12.8 Å². The SMILES string of the molecule is FC(F)(F)COc1cccc(NCc2nnnn2-c2ccccc2)c1. The van der Waals surface area contributed by atoms with Crippen LogP contribution in [0.15, 0.2) is 54.6 Å². The average molecular weight is 349 g/mol. The van der Waals surface area contributed by atoms with Gasteiger partial charge in [-0.25, -0.2) is 0 Å². The van der Waals surface area contributed by atoms with Crippen molar-refractivity contribution in [2.24, 2.45) is 0 Å². The molecule has 25 heavy (non-hydrogen) atoms. The summed E-state index contributed by atoms with van der Waals surface area (Å²) in [6, 6.07) is 15.6. The first-order valence-corrected chi connectivity index (χ1v) is 7.37. The second-order valence-corrected chi connectivity index (χ2v) is 5.13. The van der Waals surface area contributed by atoms with E-state index >= 15 is 0 Å². The number of nitrogens with one attached hydrogen (secondary N) is 1. The Labute approximate surface area is 141 Å². The Kier molecular flexibility index (Phi) is 4.82. The van der Waals surface area contributed by atoms with Crippen molar-refractivity contribution >= 4 is 5.69 Å². The molecule has 0 spiro atoms. The second-order valence-electron chi connectivity index (χ2n) is 5.13. The first kappa shape index (κ1) is 16.7. The van der Waals surface area contributed by atoms with Gasteiger partial charge in [0.05, 0.1) is 12.2 Å². The summed E-state index contributed by atoms with van der Waals surface area (Å²) in [6.45, 7) is -1.03. The minimum atomic E-state index is -4.37. The third-order valence-corrected chi connectivity index (χ3v) is 3.22. The van der Waals surface area contributed by atoms with E-state index in [4.69, 9.17) is 4.74 Å². The lowest BCUT2D eigenvalue weighted by Crippen LogP contribution is -2.19. The van der Waals surface area contributed by atoms with Crippen molar-refractivity contribution in [2.45, 2.75) is 12.7 Å².